The number of ether oxygens (including phenoxy) is 1. The molecule has 1 N–H and O–H groups in total. The monoisotopic (exact) mass is 305 g/mol. The summed E-state index contributed by atoms with van der Waals surface area (Å²) in [6.45, 7) is 9.93. The number of benzene rings is 1. The van der Waals surface area contributed by atoms with Crippen molar-refractivity contribution < 1.29 is 4.74 Å². The van der Waals surface area contributed by atoms with E-state index >= 15 is 0 Å². The number of hydrogen-bond acceptors (Lipinski definition) is 4. The molecular formula is C18H31N3O. The van der Waals surface area contributed by atoms with Crippen LogP contribution < -0.4 is 15.0 Å². The highest BCUT2D eigenvalue weighted by Gasteiger charge is 2.26. The van der Waals surface area contributed by atoms with E-state index in [4.69, 9.17) is 4.74 Å². The summed E-state index contributed by atoms with van der Waals surface area (Å²) in [5, 5.41) is 3.16. The molecule has 0 amide bonds. The van der Waals surface area contributed by atoms with E-state index in [0.717, 1.165) is 30.4 Å². The van der Waals surface area contributed by atoms with Crippen LogP contribution in [0.25, 0.3) is 0 Å². The normalized spacial score (nSPS) is 18.5. The van der Waals surface area contributed by atoms with Gasteiger partial charge < -0.3 is 15.0 Å². The first kappa shape index (κ1) is 16.9. The molecule has 2 aliphatic rings. The van der Waals surface area contributed by atoms with Gasteiger partial charge in [0.05, 0.1) is 12.8 Å². The number of methoxy groups -OCH3 is 1. The molecule has 1 heterocycles. The highest BCUT2D eigenvalue weighted by atomic mass is 16.5. The van der Waals surface area contributed by atoms with Crippen molar-refractivity contribution in [3.05, 3.63) is 18.2 Å². The summed E-state index contributed by atoms with van der Waals surface area (Å²) in [7, 11) is 3.65. The summed E-state index contributed by atoms with van der Waals surface area (Å²) in [6.07, 6.45) is 2.89. The fraction of sp³-hybridized carbons (Fsp3) is 0.667. The highest BCUT2D eigenvalue weighted by molar-refractivity contribution is 5.64. The zero-order valence-electron chi connectivity index (χ0n) is 14.6. The minimum absolute atomic E-state index is 0.922. The Kier molecular flexibility index (Phi) is 6.37. The lowest BCUT2D eigenvalue weighted by Crippen LogP contribution is -2.47. The molecule has 0 aromatic heterocycles. The Balaban J connectivity index is 0.000000847. The van der Waals surface area contributed by atoms with E-state index in [9.17, 15) is 0 Å². The molecule has 124 valence electrons. The van der Waals surface area contributed by atoms with E-state index < -0.39 is 0 Å². The molecule has 1 saturated heterocycles. The van der Waals surface area contributed by atoms with Gasteiger partial charge in [0.1, 0.15) is 5.75 Å². The number of hydrogen-bond donors (Lipinski definition) is 1. The second-order valence-corrected chi connectivity index (χ2v) is 5.87. The fourth-order valence-corrected chi connectivity index (χ4v) is 2.94. The van der Waals surface area contributed by atoms with Crippen molar-refractivity contribution in [2.24, 2.45) is 5.92 Å². The van der Waals surface area contributed by atoms with Gasteiger partial charge in [0.15, 0.2) is 0 Å². The van der Waals surface area contributed by atoms with Gasteiger partial charge in [-0.2, -0.15) is 0 Å². The molecule has 3 rings (SSSR count). The molecule has 0 bridgehead atoms. The molecule has 0 spiro atoms. The van der Waals surface area contributed by atoms with E-state index in [0.29, 0.717) is 0 Å². The maximum atomic E-state index is 5.45. The molecule has 0 atom stereocenters. The number of rotatable bonds is 5. The van der Waals surface area contributed by atoms with Crippen LogP contribution in [0.1, 0.15) is 26.7 Å². The maximum absolute atomic E-state index is 5.45. The summed E-state index contributed by atoms with van der Waals surface area (Å²) in [4.78, 5) is 5.08. The van der Waals surface area contributed by atoms with Gasteiger partial charge in [0.25, 0.3) is 0 Å². The molecule has 1 aliphatic carbocycles. The molecular weight excluding hydrogens is 274 g/mol. The average Bonchev–Trinajstić information content (AvgIpc) is 3.41. The molecule has 4 nitrogen and oxygen atoms in total. The van der Waals surface area contributed by atoms with Gasteiger partial charge in [-0.05, 0) is 30.9 Å². The van der Waals surface area contributed by atoms with Crippen LogP contribution in [0.4, 0.5) is 11.4 Å². The topological polar surface area (TPSA) is 27.7 Å². The van der Waals surface area contributed by atoms with Crippen LogP contribution >= 0.6 is 0 Å². The van der Waals surface area contributed by atoms with Crippen molar-refractivity contribution in [1.29, 1.82) is 0 Å². The average molecular weight is 305 g/mol. The van der Waals surface area contributed by atoms with E-state index in [1.165, 1.54) is 38.2 Å². The summed E-state index contributed by atoms with van der Waals surface area (Å²) in [6, 6.07) is 6.43. The maximum Gasteiger partial charge on any atom is 0.144 e. The molecule has 0 radical (unpaired) electrons. The van der Waals surface area contributed by atoms with Gasteiger partial charge in [0.2, 0.25) is 0 Å². The van der Waals surface area contributed by atoms with E-state index in [1.807, 2.05) is 20.9 Å². The van der Waals surface area contributed by atoms with E-state index in [1.54, 1.807) is 7.11 Å². The Morgan fingerprint density at radius 3 is 2.36 bits per heavy atom. The van der Waals surface area contributed by atoms with Crippen molar-refractivity contribution in [2.75, 3.05) is 57.1 Å². The van der Waals surface area contributed by atoms with E-state index in [-0.39, 0.29) is 0 Å². The Morgan fingerprint density at radius 2 is 1.82 bits per heavy atom. The van der Waals surface area contributed by atoms with Crippen molar-refractivity contribution in [3.8, 4) is 5.75 Å². The van der Waals surface area contributed by atoms with Gasteiger partial charge in [-0.1, -0.05) is 13.8 Å². The number of nitrogens with one attached hydrogen (secondary N) is 1. The SMILES string of the molecule is CC.CNc1ccc(N2CCN(CC3CC3)CC2)cc1OC. The largest absolute Gasteiger partial charge is 0.495 e. The molecule has 2 fully saturated rings. The second kappa shape index (κ2) is 8.28. The predicted octanol–water partition coefficient (Wildman–Crippen LogP) is 3.30. The third-order valence-corrected chi connectivity index (χ3v) is 4.41. The van der Waals surface area contributed by atoms with Gasteiger partial charge in [-0.3, -0.25) is 4.90 Å². The van der Waals surface area contributed by atoms with E-state index in [2.05, 4.69) is 33.3 Å². The quantitative estimate of drug-likeness (QED) is 0.903. The molecule has 1 aromatic carbocycles. The Hall–Kier alpha value is -1.42. The smallest absolute Gasteiger partial charge is 0.144 e. The van der Waals surface area contributed by atoms with Crippen LogP contribution in [0.5, 0.6) is 5.75 Å². The third kappa shape index (κ3) is 4.29. The summed E-state index contributed by atoms with van der Waals surface area (Å²) in [5.41, 5.74) is 2.32. The third-order valence-electron chi connectivity index (χ3n) is 4.41. The van der Waals surface area contributed by atoms with Crippen molar-refractivity contribution >= 4 is 11.4 Å². The van der Waals surface area contributed by atoms with Crippen LogP contribution in [0, 0.1) is 5.92 Å². The molecule has 4 heteroatoms. The zero-order valence-corrected chi connectivity index (χ0v) is 14.6. The van der Waals surface area contributed by atoms with Crippen LogP contribution in [0.2, 0.25) is 0 Å². The summed E-state index contributed by atoms with van der Waals surface area (Å²) >= 11 is 0. The lowest BCUT2D eigenvalue weighted by Gasteiger charge is -2.36. The van der Waals surface area contributed by atoms with Gasteiger partial charge in [0, 0.05) is 51.5 Å². The zero-order chi connectivity index (χ0) is 15.9. The molecule has 1 aliphatic heterocycles. The van der Waals surface area contributed by atoms with Crippen LogP contribution in [0.15, 0.2) is 18.2 Å². The highest BCUT2D eigenvalue weighted by Crippen LogP contribution is 2.32. The number of nitrogens with zero attached hydrogens (tertiary/aromatic N) is 2. The van der Waals surface area contributed by atoms with Gasteiger partial charge in [-0.25, -0.2) is 0 Å². The number of anilines is 2. The van der Waals surface area contributed by atoms with Gasteiger partial charge >= 0.3 is 0 Å². The summed E-state index contributed by atoms with van der Waals surface area (Å²) in [5.74, 6) is 1.92. The van der Waals surface area contributed by atoms with Crippen LogP contribution in [-0.4, -0.2) is 51.8 Å². The predicted molar refractivity (Wildman–Crippen MR) is 95.3 cm³/mol. The summed E-state index contributed by atoms with van der Waals surface area (Å²) < 4.78 is 5.45. The Labute approximate surface area is 135 Å². The first-order chi connectivity index (χ1) is 10.8. The first-order valence-electron chi connectivity index (χ1n) is 8.63. The fourth-order valence-electron chi connectivity index (χ4n) is 2.94. The molecule has 0 unspecified atom stereocenters. The minimum Gasteiger partial charge on any atom is -0.495 e. The lowest BCUT2D eigenvalue weighted by molar-refractivity contribution is 0.248. The van der Waals surface area contributed by atoms with Gasteiger partial charge in [-0.15, -0.1) is 0 Å². The lowest BCUT2D eigenvalue weighted by atomic mass is 10.2. The second-order valence-electron chi connectivity index (χ2n) is 5.87. The first-order valence-corrected chi connectivity index (χ1v) is 8.63. The van der Waals surface area contributed by atoms with Crippen molar-refractivity contribution in [1.82, 2.24) is 4.90 Å². The Morgan fingerprint density at radius 1 is 1.14 bits per heavy atom. The molecule has 1 aromatic rings. The number of piperazine rings is 1. The standard InChI is InChI=1S/C16H25N3O.C2H6/c1-17-15-6-5-14(11-16(15)20-2)19-9-7-18(8-10-19)12-13-3-4-13;1-2/h5-6,11,13,17H,3-4,7-10,12H2,1-2H3;1-2H3. The van der Waals surface area contributed by atoms with Crippen molar-refractivity contribution in [3.63, 3.8) is 0 Å². The van der Waals surface area contributed by atoms with Crippen LogP contribution in [0.3, 0.4) is 0 Å². The van der Waals surface area contributed by atoms with Crippen LogP contribution in [-0.2, 0) is 0 Å². The molecule has 22 heavy (non-hydrogen) atoms. The minimum atomic E-state index is 0.922. The molecule has 1 saturated carbocycles. The van der Waals surface area contributed by atoms with Crippen molar-refractivity contribution in [2.45, 2.75) is 26.7 Å². The Bertz CT molecular complexity index is 452.